The fourth-order valence-corrected chi connectivity index (χ4v) is 1.77. The summed E-state index contributed by atoms with van der Waals surface area (Å²) in [6, 6.07) is 5.29. The van der Waals surface area contributed by atoms with Crippen molar-refractivity contribution in [1.82, 2.24) is 0 Å². The minimum atomic E-state index is 0.183. The van der Waals surface area contributed by atoms with Gasteiger partial charge in [0.15, 0.2) is 11.5 Å². The van der Waals surface area contributed by atoms with E-state index in [-0.39, 0.29) is 5.76 Å². The Kier molecular flexibility index (Phi) is 4.08. The molecule has 0 unspecified atom stereocenters. The van der Waals surface area contributed by atoms with Gasteiger partial charge in [0.2, 0.25) is 0 Å². The number of aliphatic hydroxyl groups excluding tert-OH is 1. The van der Waals surface area contributed by atoms with Gasteiger partial charge >= 0.3 is 0 Å². The molecule has 1 aliphatic carbocycles. The van der Waals surface area contributed by atoms with Crippen LogP contribution in [0.2, 0.25) is 0 Å². The molecule has 0 radical (unpaired) electrons. The van der Waals surface area contributed by atoms with Crippen molar-refractivity contribution >= 4 is 5.76 Å². The molecule has 0 bridgehead atoms. The van der Waals surface area contributed by atoms with Crippen LogP contribution < -0.4 is 9.47 Å². The zero-order valence-corrected chi connectivity index (χ0v) is 11.0. The molecular weight excluding hydrogens is 240 g/mol. The van der Waals surface area contributed by atoms with E-state index in [9.17, 15) is 5.11 Å². The average Bonchev–Trinajstić information content (AvgIpc) is 2.97. The second-order valence-electron chi connectivity index (χ2n) is 4.01. The number of aliphatic hydroxyl groups is 1. The van der Waals surface area contributed by atoms with Gasteiger partial charge in [-0.15, -0.1) is 0 Å². The molecule has 0 atom stereocenters. The van der Waals surface area contributed by atoms with Crippen LogP contribution in [0.25, 0.3) is 5.76 Å². The summed E-state index contributed by atoms with van der Waals surface area (Å²) in [7, 11) is 3.15. The van der Waals surface area contributed by atoms with Gasteiger partial charge in [-0.05, 0) is 29.8 Å². The van der Waals surface area contributed by atoms with Gasteiger partial charge in [0, 0.05) is 5.56 Å². The smallest absolute Gasteiger partial charge is 0.161 e. The molecule has 98 valence electrons. The Morgan fingerprint density at radius 1 is 1.05 bits per heavy atom. The van der Waals surface area contributed by atoms with Crippen LogP contribution in [0.15, 0.2) is 60.2 Å². The highest BCUT2D eigenvalue weighted by Crippen LogP contribution is 2.29. The predicted molar refractivity (Wildman–Crippen MR) is 76.5 cm³/mol. The Morgan fingerprint density at radius 3 is 2.37 bits per heavy atom. The van der Waals surface area contributed by atoms with Crippen LogP contribution >= 0.6 is 0 Å². The maximum absolute atomic E-state index is 10.0. The van der Waals surface area contributed by atoms with E-state index in [1.54, 1.807) is 38.5 Å². The third-order valence-corrected chi connectivity index (χ3v) is 2.80. The Morgan fingerprint density at radius 2 is 1.74 bits per heavy atom. The molecule has 0 spiro atoms. The van der Waals surface area contributed by atoms with Crippen molar-refractivity contribution in [2.24, 2.45) is 0 Å². The first kappa shape index (κ1) is 13.0. The quantitative estimate of drug-likeness (QED) is 0.836. The molecule has 1 aliphatic rings. The molecule has 0 aromatic heterocycles. The van der Waals surface area contributed by atoms with Crippen LogP contribution in [0.3, 0.4) is 0 Å². The second-order valence-corrected chi connectivity index (χ2v) is 4.01. The number of benzene rings is 1. The van der Waals surface area contributed by atoms with E-state index in [0.717, 1.165) is 5.57 Å². The first-order valence-electron chi connectivity index (χ1n) is 5.92. The summed E-state index contributed by atoms with van der Waals surface area (Å²) >= 11 is 0. The van der Waals surface area contributed by atoms with Crippen molar-refractivity contribution in [1.29, 1.82) is 0 Å². The highest BCUT2D eigenvalue weighted by atomic mass is 16.5. The normalized spacial score (nSPS) is 13.8. The summed E-state index contributed by atoms with van der Waals surface area (Å²) in [4.78, 5) is 0. The lowest BCUT2D eigenvalue weighted by atomic mass is 10.1. The molecule has 1 aromatic carbocycles. The van der Waals surface area contributed by atoms with Gasteiger partial charge in [-0.1, -0.05) is 30.4 Å². The first-order chi connectivity index (χ1) is 9.24. The van der Waals surface area contributed by atoms with Gasteiger partial charge in [0.1, 0.15) is 5.76 Å². The molecule has 0 saturated carbocycles. The molecule has 3 heteroatoms. The van der Waals surface area contributed by atoms with E-state index in [4.69, 9.17) is 9.47 Å². The van der Waals surface area contributed by atoms with E-state index >= 15 is 0 Å². The molecule has 19 heavy (non-hydrogen) atoms. The number of allylic oxidation sites excluding steroid dienone is 7. The third kappa shape index (κ3) is 3.07. The monoisotopic (exact) mass is 256 g/mol. The molecule has 0 amide bonds. The predicted octanol–water partition coefficient (Wildman–Crippen LogP) is 3.66. The van der Waals surface area contributed by atoms with Crippen molar-refractivity contribution in [2.75, 3.05) is 14.2 Å². The number of rotatable bonds is 4. The van der Waals surface area contributed by atoms with Crippen molar-refractivity contribution in [2.45, 2.75) is 0 Å². The Hall–Kier alpha value is -2.42. The van der Waals surface area contributed by atoms with Crippen LogP contribution in [0, 0.1) is 0 Å². The summed E-state index contributed by atoms with van der Waals surface area (Å²) in [5, 5.41) is 10.0. The van der Waals surface area contributed by atoms with Crippen LogP contribution in [0.5, 0.6) is 11.5 Å². The Balaban J connectivity index is 2.26. The molecular formula is C16H16O3. The summed E-state index contributed by atoms with van der Waals surface area (Å²) in [6.07, 6.45) is 11.4. The van der Waals surface area contributed by atoms with Crippen LogP contribution in [-0.2, 0) is 0 Å². The molecule has 1 aromatic rings. The van der Waals surface area contributed by atoms with Crippen molar-refractivity contribution in [3.8, 4) is 11.5 Å². The lowest BCUT2D eigenvalue weighted by molar-refractivity contribution is 0.354. The highest BCUT2D eigenvalue weighted by Gasteiger charge is 2.06. The van der Waals surface area contributed by atoms with Gasteiger partial charge in [0.05, 0.1) is 14.2 Å². The fraction of sp³-hybridized carbons (Fsp3) is 0.125. The van der Waals surface area contributed by atoms with Gasteiger partial charge in [0.25, 0.3) is 0 Å². The zero-order valence-electron chi connectivity index (χ0n) is 11.0. The number of ether oxygens (including phenoxy) is 2. The summed E-state index contributed by atoms with van der Waals surface area (Å²) in [6.45, 7) is 0. The number of hydrogen-bond donors (Lipinski definition) is 1. The fourth-order valence-electron chi connectivity index (χ4n) is 1.77. The van der Waals surface area contributed by atoms with Crippen molar-refractivity contribution in [3.63, 3.8) is 0 Å². The number of hydrogen-bond acceptors (Lipinski definition) is 3. The molecule has 0 aliphatic heterocycles. The molecule has 0 fully saturated rings. The van der Waals surface area contributed by atoms with Crippen LogP contribution in [0.4, 0.5) is 0 Å². The molecule has 3 nitrogen and oxygen atoms in total. The molecule has 2 rings (SSSR count). The standard InChI is InChI=1S/C16H16O3/c1-18-15-10-8-13(11-16(15)19-2)14(17)9-7-12-5-3-4-6-12/h3-11,17H,1-2H3. The highest BCUT2D eigenvalue weighted by molar-refractivity contribution is 5.64. The summed E-state index contributed by atoms with van der Waals surface area (Å²) < 4.78 is 10.4. The van der Waals surface area contributed by atoms with Gasteiger partial charge in [-0.25, -0.2) is 0 Å². The summed E-state index contributed by atoms with van der Waals surface area (Å²) in [5.41, 5.74) is 1.73. The maximum Gasteiger partial charge on any atom is 0.161 e. The Labute approximate surface area is 112 Å². The lowest BCUT2D eigenvalue weighted by Gasteiger charge is -2.08. The van der Waals surface area contributed by atoms with Crippen LogP contribution in [-0.4, -0.2) is 19.3 Å². The van der Waals surface area contributed by atoms with Gasteiger partial charge < -0.3 is 14.6 Å². The van der Waals surface area contributed by atoms with Crippen molar-refractivity contribution in [3.05, 3.63) is 65.8 Å². The largest absolute Gasteiger partial charge is 0.507 e. The minimum absolute atomic E-state index is 0.183. The lowest BCUT2D eigenvalue weighted by Crippen LogP contribution is -1.92. The van der Waals surface area contributed by atoms with E-state index < -0.39 is 0 Å². The minimum Gasteiger partial charge on any atom is -0.507 e. The maximum atomic E-state index is 10.0. The zero-order chi connectivity index (χ0) is 13.7. The molecule has 1 N–H and O–H groups in total. The SMILES string of the molecule is COc1ccc(C(O)=CC=C2C=CC=C2)cc1OC. The van der Waals surface area contributed by atoms with E-state index in [2.05, 4.69) is 0 Å². The van der Waals surface area contributed by atoms with Crippen LogP contribution in [0.1, 0.15) is 5.56 Å². The third-order valence-electron chi connectivity index (χ3n) is 2.80. The first-order valence-corrected chi connectivity index (χ1v) is 5.92. The molecule has 0 heterocycles. The van der Waals surface area contributed by atoms with E-state index in [1.165, 1.54) is 0 Å². The van der Waals surface area contributed by atoms with E-state index in [0.29, 0.717) is 17.1 Å². The van der Waals surface area contributed by atoms with E-state index in [1.807, 2.05) is 30.4 Å². The van der Waals surface area contributed by atoms with Crippen molar-refractivity contribution < 1.29 is 14.6 Å². The number of methoxy groups -OCH3 is 2. The Bertz CT molecular complexity index is 564. The topological polar surface area (TPSA) is 38.7 Å². The molecule has 0 saturated heterocycles. The second kappa shape index (κ2) is 5.96. The van der Waals surface area contributed by atoms with Gasteiger partial charge in [-0.3, -0.25) is 0 Å². The summed E-state index contributed by atoms with van der Waals surface area (Å²) in [5.74, 6) is 1.41. The average molecular weight is 256 g/mol. The van der Waals surface area contributed by atoms with Gasteiger partial charge in [-0.2, -0.15) is 0 Å².